The van der Waals surface area contributed by atoms with Gasteiger partial charge in [-0.05, 0) is 23.8 Å². The second kappa shape index (κ2) is 9.86. The quantitative estimate of drug-likeness (QED) is 0.494. The molecule has 0 radical (unpaired) electrons. The number of hydrogen-bond donors (Lipinski definition) is 2. The first-order valence-electron chi connectivity index (χ1n) is 9.45. The molecule has 1 aromatic carbocycles. The van der Waals surface area contributed by atoms with E-state index in [-0.39, 0.29) is 35.5 Å². The minimum atomic E-state index is -4.46. The molecule has 0 bridgehead atoms. The largest absolute Gasteiger partial charge is 0.483 e. The van der Waals surface area contributed by atoms with Crippen LogP contribution in [0.3, 0.4) is 0 Å². The van der Waals surface area contributed by atoms with Gasteiger partial charge in [0.2, 0.25) is 5.91 Å². The molecule has 0 atom stereocenters. The van der Waals surface area contributed by atoms with Crippen molar-refractivity contribution in [1.82, 2.24) is 25.4 Å². The zero-order chi connectivity index (χ0) is 23.3. The molecular weight excluding hydrogens is 451 g/mol. The highest BCUT2D eigenvalue weighted by Crippen LogP contribution is 2.28. The number of rotatable bonds is 8. The van der Waals surface area contributed by atoms with Crippen LogP contribution in [0.1, 0.15) is 23.0 Å². The van der Waals surface area contributed by atoms with Crippen molar-refractivity contribution in [2.45, 2.75) is 19.6 Å². The number of carbonyl (C=O) groups is 2. The maximum absolute atomic E-state index is 12.5. The Morgan fingerprint density at radius 3 is 2.62 bits per heavy atom. The Labute approximate surface area is 185 Å². The number of hydrogen-bond acceptors (Lipinski definition) is 5. The maximum Gasteiger partial charge on any atom is 0.422 e. The number of alkyl halides is 3. The van der Waals surface area contributed by atoms with E-state index in [0.717, 1.165) is 0 Å². The lowest BCUT2D eigenvalue weighted by molar-refractivity contribution is -0.153. The zero-order valence-electron chi connectivity index (χ0n) is 16.9. The normalized spacial score (nSPS) is 11.4. The van der Waals surface area contributed by atoms with Gasteiger partial charge in [-0.2, -0.15) is 18.3 Å². The Kier molecular flexibility index (Phi) is 7.18. The van der Waals surface area contributed by atoms with Crippen LogP contribution in [0.15, 0.2) is 36.7 Å². The summed E-state index contributed by atoms with van der Waals surface area (Å²) in [7, 11) is 0. The standard InChI is InChI=1S/C20H19ClF3N5O3/c1-12(30)25-6-7-27-19(31)18-14-10-29(28-16(14)4-5-26-18)9-13-2-3-17(15(21)8-13)32-11-20(22,23)24/h2-5,8,10H,6-7,9,11H2,1H3,(H,25,30)(H,27,31). The van der Waals surface area contributed by atoms with Gasteiger partial charge >= 0.3 is 6.18 Å². The van der Waals surface area contributed by atoms with Crippen LogP contribution in [0.5, 0.6) is 5.75 Å². The number of ether oxygens (including phenoxy) is 1. The second-order valence-corrected chi connectivity index (χ2v) is 7.23. The highest BCUT2D eigenvalue weighted by molar-refractivity contribution is 6.32. The fraction of sp³-hybridized carbons (Fsp3) is 0.300. The molecule has 0 unspecified atom stereocenters. The van der Waals surface area contributed by atoms with E-state index < -0.39 is 18.7 Å². The Hall–Kier alpha value is -3.34. The van der Waals surface area contributed by atoms with Crippen LogP contribution in [-0.4, -0.2) is 52.5 Å². The molecule has 0 aliphatic rings. The fourth-order valence-electron chi connectivity index (χ4n) is 2.86. The van der Waals surface area contributed by atoms with Crippen molar-refractivity contribution >= 4 is 34.3 Å². The van der Waals surface area contributed by atoms with E-state index in [4.69, 9.17) is 16.3 Å². The van der Waals surface area contributed by atoms with Gasteiger partial charge in [0, 0.05) is 32.4 Å². The van der Waals surface area contributed by atoms with Crippen LogP contribution in [0.4, 0.5) is 13.2 Å². The van der Waals surface area contributed by atoms with Crippen molar-refractivity contribution in [3.05, 3.63) is 52.9 Å². The molecule has 0 fully saturated rings. The van der Waals surface area contributed by atoms with Crippen molar-refractivity contribution in [3.8, 4) is 5.75 Å². The molecule has 2 amide bonds. The number of halogens is 4. The van der Waals surface area contributed by atoms with Crippen molar-refractivity contribution in [2.75, 3.05) is 19.7 Å². The fourth-order valence-corrected chi connectivity index (χ4v) is 3.12. The minimum Gasteiger partial charge on any atom is -0.483 e. The third-order valence-corrected chi connectivity index (χ3v) is 4.51. The maximum atomic E-state index is 12.5. The van der Waals surface area contributed by atoms with Gasteiger partial charge in [0.15, 0.2) is 6.61 Å². The van der Waals surface area contributed by atoms with Crippen molar-refractivity contribution in [2.24, 2.45) is 0 Å². The van der Waals surface area contributed by atoms with Gasteiger partial charge in [0.1, 0.15) is 11.4 Å². The Morgan fingerprint density at radius 1 is 1.19 bits per heavy atom. The molecular formula is C20H19ClF3N5O3. The van der Waals surface area contributed by atoms with Crippen LogP contribution in [0.2, 0.25) is 5.02 Å². The van der Waals surface area contributed by atoms with E-state index >= 15 is 0 Å². The summed E-state index contributed by atoms with van der Waals surface area (Å²) >= 11 is 6.04. The summed E-state index contributed by atoms with van der Waals surface area (Å²) in [5.41, 5.74) is 1.41. The van der Waals surface area contributed by atoms with E-state index in [9.17, 15) is 22.8 Å². The van der Waals surface area contributed by atoms with Gasteiger partial charge in [0.25, 0.3) is 5.91 Å². The summed E-state index contributed by atoms with van der Waals surface area (Å²) in [6, 6.07) is 6.09. The summed E-state index contributed by atoms with van der Waals surface area (Å²) in [4.78, 5) is 27.5. The SMILES string of the molecule is CC(=O)NCCNC(=O)c1nccc2nn(Cc3ccc(OCC(F)(F)F)c(Cl)c3)cc12. The average molecular weight is 470 g/mol. The summed E-state index contributed by atoms with van der Waals surface area (Å²) in [5.74, 6) is -0.670. The molecule has 8 nitrogen and oxygen atoms in total. The van der Waals surface area contributed by atoms with Gasteiger partial charge in [-0.25, -0.2) is 0 Å². The minimum absolute atomic E-state index is 0.0457. The summed E-state index contributed by atoms with van der Waals surface area (Å²) in [6.07, 6.45) is -1.35. The summed E-state index contributed by atoms with van der Waals surface area (Å²) < 4.78 is 43.2. The predicted octanol–water partition coefficient (Wildman–Crippen LogP) is 2.94. The molecule has 32 heavy (non-hydrogen) atoms. The first-order valence-corrected chi connectivity index (χ1v) is 9.83. The van der Waals surface area contributed by atoms with E-state index in [0.29, 0.717) is 23.0 Å². The van der Waals surface area contributed by atoms with Crippen LogP contribution in [0, 0.1) is 0 Å². The predicted molar refractivity (Wildman–Crippen MR) is 111 cm³/mol. The molecule has 0 saturated heterocycles. The van der Waals surface area contributed by atoms with Crippen molar-refractivity contribution in [1.29, 1.82) is 0 Å². The van der Waals surface area contributed by atoms with Gasteiger partial charge < -0.3 is 15.4 Å². The Balaban J connectivity index is 1.71. The molecule has 2 aromatic heterocycles. The molecule has 3 rings (SSSR count). The Morgan fingerprint density at radius 2 is 1.94 bits per heavy atom. The summed E-state index contributed by atoms with van der Waals surface area (Å²) in [5, 5.41) is 10.2. The highest BCUT2D eigenvalue weighted by atomic mass is 35.5. The molecule has 0 spiro atoms. The smallest absolute Gasteiger partial charge is 0.422 e. The van der Waals surface area contributed by atoms with E-state index in [1.807, 2.05) is 0 Å². The number of carbonyl (C=O) groups excluding carboxylic acids is 2. The third kappa shape index (κ3) is 6.33. The van der Waals surface area contributed by atoms with Crippen LogP contribution >= 0.6 is 11.6 Å². The number of amides is 2. The number of nitrogens with zero attached hydrogens (tertiary/aromatic N) is 3. The first kappa shape index (κ1) is 23.3. The Bertz CT molecular complexity index is 1130. The molecule has 2 heterocycles. The molecule has 2 N–H and O–H groups in total. The van der Waals surface area contributed by atoms with Gasteiger partial charge in [-0.1, -0.05) is 17.7 Å². The second-order valence-electron chi connectivity index (χ2n) is 6.83. The number of aromatic nitrogens is 3. The van der Waals surface area contributed by atoms with Gasteiger partial charge in [-0.15, -0.1) is 0 Å². The number of fused-ring (bicyclic) bond motifs is 1. The molecule has 12 heteroatoms. The number of benzene rings is 1. The third-order valence-electron chi connectivity index (χ3n) is 4.21. The molecule has 0 aliphatic carbocycles. The topological polar surface area (TPSA) is 98.1 Å². The summed E-state index contributed by atoms with van der Waals surface area (Å²) in [6.45, 7) is 0.747. The van der Waals surface area contributed by atoms with Crippen LogP contribution in [-0.2, 0) is 11.3 Å². The molecule has 170 valence electrons. The number of pyridine rings is 1. The average Bonchev–Trinajstić information content (AvgIpc) is 3.12. The number of nitrogens with one attached hydrogen (secondary N) is 2. The van der Waals surface area contributed by atoms with Crippen molar-refractivity contribution < 1.29 is 27.5 Å². The molecule has 0 saturated carbocycles. The molecule has 3 aromatic rings. The van der Waals surface area contributed by atoms with Crippen molar-refractivity contribution in [3.63, 3.8) is 0 Å². The van der Waals surface area contributed by atoms with Crippen LogP contribution < -0.4 is 15.4 Å². The lowest BCUT2D eigenvalue weighted by Crippen LogP contribution is -2.34. The van der Waals surface area contributed by atoms with E-state index in [1.54, 1.807) is 23.0 Å². The van der Waals surface area contributed by atoms with Gasteiger partial charge in [-0.3, -0.25) is 19.3 Å². The van der Waals surface area contributed by atoms with E-state index in [1.165, 1.54) is 25.3 Å². The highest BCUT2D eigenvalue weighted by Gasteiger charge is 2.28. The lowest BCUT2D eigenvalue weighted by atomic mass is 10.2. The first-order chi connectivity index (χ1) is 15.1. The molecule has 0 aliphatic heterocycles. The lowest BCUT2D eigenvalue weighted by Gasteiger charge is -2.11. The monoisotopic (exact) mass is 469 g/mol. The zero-order valence-corrected chi connectivity index (χ0v) is 17.6. The van der Waals surface area contributed by atoms with Gasteiger partial charge in [0.05, 0.1) is 22.5 Å². The van der Waals surface area contributed by atoms with E-state index in [2.05, 4.69) is 20.7 Å². The van der Waals surface area contributed by atoms with Crippen LogP contribution in [0.25, 0.3) is 10.9 Å².